The van der Waals surface area contributed by atoms with Crippen LogP contribution in [0, 0.1) is 5.82 Å². The van der Waals surface area contributed by atoms with E-state index in [0.717, 1.165) is 12.1 Å². The summed E-state index contributed by atoms with van der Waals surface area (Å²) in [5.74, 6) is 0.234. The average Bonchev–Trinajstić information content (AvgIpc) is 2.77. The number of nitrogens with zero attached hydrogens (tertiary/aromatic N) is 2. The topological polar surface area (TPSA) is 41.6 Å². The van der Waals surface area contributed by atoms with Crippen LogP contribution in [0.15, 0.2) is 59.6 Å². The molecule has 1 aliphatic heterocycles. The fraction of sp³-hybridized carbons (Fsp3) is 0.235. The smallest absolute Gasteiger partial charge is 0.196 e. The van der Waals surface area contributed by atoms with E-state index in [1.807, 2.05) is 23.1 Å². The highest BCUT2D eigenvalue weighted by atomic mass is 19.1. The zero-order valence-electron chi connectivity index (χ0n) is 12.0. The maximum absolute atomic E-state index is 13.1. The van der Waals surface area contributed by atoms with Gasteiger partial charge in [-0.1, -0.05) is 30.3 Å². The fourth-order valence-electron chi connectivity index (χ4n) is 2.87. The Morgan fingerprint density at radius 2 is 1.81 bits per heavy atom. The van der Waals surface area contributed by atoms with Gasteiger partial charge in [-0.3, -0.25) is 4.99 Å². The van der Waals surface area contributed by atoms with Gasteiger partial charge >= 0.3 is 0 Å². The predicted octanol–water partition coefficient (Wildman–Crippen LogP) is 2.96. The summed E-state index contributed by atoms with van der Waals surface area (Å²) in [7, 11) is 0. The molecule has 2 N–H and O–H groups in total. The van der Waals surface area contributed by atoms with Crippen molar-refractivity contribution in [3.63, 3.8) is 0 Å². The molecule has 1 heterocycles. The van der Waals surface area contributed by atoms with Gasteiger partial charge in [0.05, 0.1) is 12.1 Å². The molecule has 2 aromatic rings. The highest BCUT2D eigenvalue weighted by molar-refractivity contribution is 5.98. The third kappa shape index (κ3) is 2.61. The maximum atomic E-state index is 13.1. The zero-order valence-corrected chi connectivity index (χ0v) is 12.0. The number of rotatable bonds is 3. The number of nitrogens with two attached hydrogens (primary N) is 1. The molecule has 2 aromatic carbocycles. The number of hydrogen-bond donors (Lipinski definition) is 1. The van der Waals surface area contributed by atoms with Gasteiger partial charge in [-0.15, -0.1) is 0 Å². The van der Waals surface area contributed by atoms with E-state index in [1.54, 1.807) is 12.1 Å². The van der Waals surface area contributed by atoms with Crippen molar-refractivity contribution in [3.05, 3.63) is 66.0 Å². The van der Waals surface area contributed by atoms with Crippen molar-refractivity contribution in [1.82, 2.24) is 0 Å². The summed E-state index contributed by atoms with van der Waals surface area (Å²) < 4.78 is 13.1. The lowest BCUT2D eigenvalue weighted by molar-refractivity contribution is 0.499. The molecule has 4 heteroatoms. The second kappa shape index (κ2) is 5.20. The molecule has 0 bridgehead atoms. The Bertz CT molecular complexity index is 651. The predicted molar refractivity (Wildman–Crippen MR) is 83.9 cm³/mol. The highest BCUT2D eigenvalue weighted by Gasteiger charge is 2.39. The summed E-state index contributed by atoms with van der Waals surface area (Å²) in [5, 5.41) is 0. The van der Waals surface area contributed by atoms with Crippen molar-refractivity contribution in [2.24, 2.45) is 10.7 Å². The third-order valence-electron chi connectivity index (χ3n) is 3.86. The molecule has 0 aromatic heterocycles. The van der Waals surface area contributed by atoms with E-state index in [9.17, 15) is 4.39 Å². The number of aliphatic imine (C=N–C) groups is 1. The second-order valence-electron chi connectivity index (χ2n) is 5.65. The Balaban J connectivity index is 1.92. The summed E-state index contributed by atoms with van der Waals surface area (Å²) in [6, 6.07) is 16.6. The summed E-state index contributed by atoms with van der Waals surface area (Å²) >= 11 is 0. The van der Waals surface area contributed by atoms with Gasteiger partial charge in [0, 0.05) is 5.69 Å². The second-order valence-corrected chi connectivity index (χ2v) is 5.65. The standard InChI is InChI=1S/C17H18FN3/c1-17(11-13-5-3-2-4-6-13)12-20-16(19)21(17)15-9-7-14(18)8-10-15/h2-10H,11-12H2,1H3,(H2,19,20). The van der Waals surface area contributed by atoms with Gasteiger partial charge in [-0.05, 0) is 43.2 Å². The van der Waals surface area contributed by atoms with Gasteiger partial charge in [0.1, 0.15) is 5.82 Å². The minimum Gasteiger partial charge on any atom is -0.369 e. The van der Waals surface area contributed by atoms with E-state index in [0.29, 0.717) is 12.5 Å². The van der Waals surface area contributed by atoms with Crippen LogP contribution in [-0.4, -0.2) is 18.0 Å². The van der Waals surface area contributed by atoms with Crippen molar-refractivity contribution in [1.29, 1.82) is 0 Å². The molecule has 0 amide bonds. The van der Waals surface area contributed by atoms with Crippen molar-refractivity contribution >= 4 is 11.6 Å². The molecule has 0 saturated heterocycles. The van der Waals surface area contributed by atoms with Crippen LogP contribution in [0.3, 0.4) is 0 Å². The van der Waals surface area contributed by atoms with Crippen LogP contribution in [0.1, 0.15) is 12.5 Å². The molecular formula is C17H18FN3. The molecule has 1 atom stereocenters. The van der Waals surface area contributed by atoms with Gasteiger partial charge in [-0.2, -0.15) is 0 Å². The Morgan fingerprint density at radius 1 is 1.14 bits per heavy atom. The van der Waals surface area contributed by atoms with Crippen LogP contribution in [0.4, 0.5) is 10.1 Å². The third-order valence-corrected chi connectivity index (χ3v) is 3.86. The van der Waals surface area contributed by atoms with E-state index in [1.165, 1.54) is 17.7 Å². The molecule has 21 heavy (non-hydrogen) atoms. The summed E-state index contributed by atoms with van der Waals surface area (Å²) in [6.07, 6.45) is 0.829. The first kappa shape index (κ1) is 13.6. The molecule has 0 spiro atoms. The normalized spacial score (nSPS) is 21.4. The van der Waals surface area contributed by atoms with Gasteiger partial charge < -0.3 is 10.6 Å². The fourth-order valence-corrected chi connectivity index (χ4v) is 2.87. The lowest BCUT2D eigenvalue weighted by atomic mass is 9.91. The Kier molecular flexibility index (Phi) is 3.37. The van der Waals surface area contributed by atoms with E-state index in [-0.39, 0.29) is 11.4 Å². The van der Waals surface area contributed by atoms with Gasteiger partial charge in [0.25, 0.3) is 0 Å². The molecule has 1 unspecified atom stereocenters. The number of hydrogen-bond acceptors (Lipinski definition) is 3. The molecule has 0 radical (unpaired) electrons. The molecule has 0 fully saturated rings. The van der Waals surface area contributed by atoms with E-state index >= 15 is 0 Å². The minimum absolute atomic E-state index is 0.233. The molecule has 0 aliphatic carbocycles. The Labute approximate surface area is 123 Å². The minimum atomic E-state index is -0.252. The molecule has 108 valence electrons. The molecule has 3 nitrogen and oxygen atoms in total. The van der Waals surface area contributed by atoms with Gasteiger partial charge in [0.15, 0.2) is 5.96 Å². The van der Waals surface area contributed by atoms with Crippen molar-refractivity contribution < 1.29 is 4.39 Å². The Morgan fingerprint density at radius 3 is 2.48 bits per heavy atom. The van der Waals surface area contributed by atoms with E-state index < -0.39 is 0 Å². The lowest BCUT2D eigenvalue weighted by Crippen LogP contribution is -2.51. The average molecular weight is 283 g/mol. The number of halogens is 1. The van der Waals surface area contributed by atoms with Crippen molar-refractivity contribution in [2.45, 2.75) is 18.9 Å². The van der Waals surface area contributed by atoms with Crippen LogP contribution in [0.2, 0.25) is 0 Å². The summed E-state index contributed by atoms with van der Waals surface area (Å²) in [6.45, 7) is 2.76. The first-order valence-electron chi connectivity index (χ1n) is 6.98. The van der Waals surface area contributed by atoms with Crippen LogP contribution < -0.4 is 10.6 Å². The maximum Gasteiger partial charge on any atom is 0.196 e. The zero-order chi connectivity index (χ0) is 14.9. The van der Waals surface area contributed by atoms with Crippen molar-refractivity contribution in [2.75, 3.05) is 11.4 Å². The Hall–Kier alpha value is -2.36. The first-order chi connectivity index (χ1) is 10.1. The highest BCUT2D eigenvalue weighted by Crippen LogP contribution is 2.31. The lowest BCUT2D eigenvalue weighted by Gasteiger charge is -2.36. The first-order valence-corrected chi connectivity index (χ1v) is 6.98. The van der Waals surface area contributed by atoms with Crippen LogP contribution in [0.5, 0.6) is 0 Å². The number of anilines is 1. The van der Waals surface area contributed by atoms with Crippen LogP contribution in [0.25, 0.3) is 0 Å². The van der Waals surface area contributed by atoms with E-state index in [2.05, 4.69) is 24.0 Å². The SMILES string of the molecule is CC1(Cc2ccccc2)CN=C(N)N1c1ccc(F)cc1. The van der Waals surface area contributed by atoms with Gasteiger partial charge in [-0.25, -0.2) is 4.39 Å². The molecular weight excluding hydrogens is 265 g/mol. The number of benzene rings is 2. The van der Waals surface area contributed by atoms with Crippen molar-refractivity contribution in [3.8, 4) is 0 Å². The molecule has 3 rings (SSSR count). The summed E-state index contributed by atoms with van der Waals surface area (Å²) in [4.78, 5) is 6.39. The largest absolute Gasteiger partial charge is 0.369 e. The quantitative estimate of drug-likeness (QED) is 0.941. The molecule has 0 saturated carbocycles. The van der Waals surface area contributed by atoms with Gasteiger partial charge in [0.2, 0.25) is 0 Å². The monoisotopic (exact) mass is 283 g/mol. The summed E-state index contributed by atoms with van der Waals surface area (Å²) in [5.41, 5.74) is 7.93. The molecule has 1 aliphatic rings. The van der Waals surface area contributed by atoms with E-state index in [4.69, 9.17) is 5.73 Å². The van der Waals surface area contributed by atoms with Crippen LogP contribution in [-0.2, 0) is 6.42 Å². The number of guanidine groups is 1. The van der Waals surface area contributed by atoms with Crippen LogP contribution >= 0.6 is 0 Å².